The lowest BCUT2D eigenvalue weighted by Crippen LogP contribution is -2.49. The van der Waals surface area contributed by atoms with Crippen molar-refractivity contribution in [1.82, 2.24) is 5.32 Å². The van der Waals surface area contributed by atoms with Crippen LogP contribution in [0.15, 0.2) is 15.1 Å². The van der Waals surface area contributed by atoms with Crippen LogP contribution in [0, 0.1) is 18.8 Å². The lowest BCUT2D eigenvalue weighted by atomic mass is 10.1. The Balaban J connectivity index is 1.79. The number of nitrogens with one attached hydrogen (secondary N) is 1. The summed E-state index contributed by atoms with van der Waals surface area (Å²) >= 11 is 2.94. The van der Waals surface area contributed by atoms with E-state index in [2.05, 4.69) is 27.4 Å². The summed E-state index contributed by atoms with van der Waals surface area (Å²) in [6.45, 7) is 7.03. The summed E-state index contributed by atoms with van der Waals surface area (Å²) in [5, 5.41) is 21.2. The molecule has 3 heterocycles. The van der Waals surface area contributed by atoms with Gasteiger partial charge in [0.05, 0.1) is 4.88 Å². The first kappa shape index (κ1) is 20.6. The molecule has 7 nitrogen and oxygen atoms in total. The van der Waals surface area contributed by atoms with Crippen LogP contribution in [0.25, 0.3) is 0 Å². The van der Waals surface area contributed by atoms with Crippen molar-refractivity contribution in [1.29, 1.82) is 0 Å². The molecule has 2 aliphatic heterocycles. The number of thiophene rings is 1. The van der Waals surface area contributed by atoms with Gasteiger partial charge in [-0.3, -0.25) is 9.59 Å². The van der Waals surface area contributed by atoms with E-state index in [-0.39, 0.29) is 11.8 Å². The Bertz CT molecular complexity index is 960. The molecule has 1 aromatic heterocycles. The summed E-state index contributed by atoms with van der Waals surface area (Å²) in [7, 11) is 1.70. The van der Waals surface area contributed by atoms with Crippen LogP contribution in [-0.4, -0.2) is 52.8 Å². The maximum absolute atomic E-state index is 12.9. The van der Waals surface area contributed by atoms with Gasteiger partial charge in [0.25, 0.3) is 11.8 Å². The normalized spacial score (nSPS) is 19.3. The number of hydrogen-bond donors (Lipinski definition) is 2. The molecule has 1 atom stereocenters. The molecule has 28 heavy (non-hydrogen) atoms. The van der Waals surface area contributed by atoms with E-state index < -0.39 is 11.6 Å². The number of fused-ring (bicyclic) bond motifs is 1. The highest BCUT2D eigenvalue weighted by molar-refractivity contribution is 7.99. The fourth-order valence-electron chi connectivity index (χ4n) is 2.70. The molecule has 2 amide bonds. The fraction of sp³-hybridized carbons (Fsp3) is 0.474. The third kappa shape index (κ3) is 4.29. The van der Waals surface area contributed by atoms with Gasteiger partial charge in [0, 0.05) is 29.8 Å². The van der Waals surface area contributed by atoms with Gasteiger partial charge in [0.15, 0.2) is 0 Å². The smallest absolute Gasteiger partial charge is 0.268 e. The van der Waals surface area contributed by atoms with E-state index in [4.69, 9.17) is 0 Å². The second kappa shape index (κ2) is 7.70. The maximum Gasteiger partial charge on any atom is 0.268 e. The number of rotatable bonds is 2. The summed E-state index contributed by atoms with van der Waals surface area (Å²) in [6.07, 6.45) is 0.408. The highest BCUT2D eigenvalue weighted by Crippen LogP contribution is 2.43. The number of aliphatic hydroxyl groups is 1. The molecule has 9 heteroatoms. The molecule has 0 unspecified atom stereocenters. The Morgan fingerprint density at radius 1 is 1.36 bits per heavy atom. The molecule has 0 spiro atoms. The first-order valence-electron chi connectivity index (χ1n) is 8.77. The van der Waals surface area contributed by atoms with E-state index >= 15 is 0 Å². The Hall–Kier alpha value is -2.15. The lowest BCUT2D eigenvalue weighted by molar-refractivity contribution is -0.123. The molecule has 0 aliphatic carbocycles. The number of carbonyl (C=O) groups excluding carboxylic acids is 2. The number of nitrogens with zero attached hydrogens (tertiary/aromatic N) is 3. The van der Waals surface area contributed by atoms with Crippen LogP contribution in [0.4, 0.5) is 5.00 Å². The van der Waals surface area contributed by atoms with Gasteiger partial charge in [-0.2, -0.15) is 5.10 Å². The number of amides is 2. The molecule has 2 N–H and O–H groups in total. The third-order valence-electron chi connectivity index (χ3n) is 4.22. The average molecular weight is 419 g/mol. The minimum absolute atomic E-state index is 0.181. The van der Waals surface area contributed by atoms with Gasteiger partial charge < -0.3 is 15.3 Å². The van der Waals surface area contributed by atoms with Gasteiger partial charge in [-0.15, -0.1) is 28.2 Å². The van der Waals surface area contributed by atoms with E-state index in [1.807, 2.05) is 13.8 Å². The molecule has 3 rings (SSSR count). The molecule has 0 saturated heterocycles. The van der Waals surface area contributed by atoms with Crippen molar-refractivity contribution in [3.05, 3.63) is 10.4 Å². The zero-order valence-electron chi connectivity index (χ0n) is 16.4. The monoisotopic (exact) mass is 418 g/mol. The SMILES string of the molecule is CC1=NN=C(C(=O)N[C@H]2CSc3c(sc(C#CC(C)(C)O)c3C)N(C)C2=O)C1. The molecular formula is C19H22N4O3S2. The van der Waals surface area contributed by atoms with Crippen molar-refractivity contribution in [2.24, 2.45) is 10.2 Å². The third-order valence-corrected chi connectivity index (χ3v) is 6.92. The largest absolute Gasteiger partial charge is 0.378 e. The number of hydrogen-bond acceptors (Lipinski definition) is 7. The Morgan fingerprint density at radius 3 is 2.68 bits per heavy atom. The summed E-state index contributed by atoms with van der Waals surface area (Å²) in [6, 6.07) is -0.643. The average Bonchev–Trinajstić information content (AvgIpc) is 3.15. The number of anilines is 1. The molecule has 0 aromatic carbocycles. The molecule has 1 aromatic rings. The number of thioether (sulfide) groups is 1. The van der Waals surface area contributed by atoms with Gasteiger partial charge >= 0.3 is 0 Å². The predicted molar refractivity (Wildman–Crippen MR) is 113 cm³/mol. The summed E-state index contributed by atoms with van der Waals surface area (Å²) in [4.78, 5) is 28.7. The van der Waals surface area contributed by atoms with Crippen LogP contribution < -0.4 is 10.2 Å². The molecule has 0 bridgehead atoms. The molecule has 0 radical (unpaired) electrons. The minimum Gasteiger partial charge on any atom is -0.378 e. The quantitative estimate of drug-likeness (QED) is 0.718. The zero-order valence-corrected chi connectivity index (χ0v) is 18.0. The van der Waals surface area contributed by atoms with Crippen LogP contribution in [0.1, 0.15) is 37.6 Å². The fourth-order valence-corrected chi connectivity index (χ4v) is 5.23. The lowest BCUT2D eigenvalue weighted by Gasteiger charge is -2.20. The van der Waals surface area contributed by atoms with Crippen molar-refractivity contribution in [2.75, 3.05) is 17.7 Å². The minimum atomic E-state index is -1.08. The van der Waals surface area contributed by atoms with Crippen molar-refractivity contribution >= 4 is 51.3 Å². The highest BCUT2D eigenvalue weighted by Gasteiger charge is 2.33. The topological polar surface area (TPSA) is 94.4 Å². The van der Waals surface area contributed by atoms with Crippen LogP contribution in [0.5, 0.6) is 0 Å². The molecule has 148 valence electrons. The summed E-state index contributed by atoms with van der Waals surface area (Å²) in [5.41, 5.74) is 1.01. The molecule has 2 aliphatic rings. The van der Waals surface area contributed by atoms with E-state index in [1.54, 1.807) is 25.8 Å². The van der Waals surface area contributed by atoms with Gasteiger partial charge in [-0.25, -0.2) is 0 Å². The Morgan fingerprint density at radius 2 is 2.07 bits per heavy atom. The van der Waals surface area contributed by atoms with Crippen LogP contribution >= 0.6 is 23.1 Å². The first-order chi connectivity index (χ1) is 13.1. The standard InChI is InChI=1S/C19H22N4O3S2/c1-10-8-12(22-21-10)16(24)20-13-9-27-15-11(2)14(6-7-19(3,4)26)28-18(15)23(5)17(13)25/h13,26H,8-9H2,1-5H3,(H,20,24)/t13-/m0/s1. The van der Waals surface area contributed by atoms with Crippen LogP contribution in [0.3, 0.4) is 0 Å². The number of likely N-dealkylation sites (N-methyl/N-ethyl adjacent to an activating group) is 1. The van der Waals surface area contributed by atoms with Crippen molar-refractivity contribution in [3.63, 3.8) is 0 Å². The van der Waals surface area contributed by atoms with E-state index in [1.165, 1.54) is 23.1 Å². The van der Waals surface area contributed by atoms with Crippen molar-refractivity contribution in [2.45, 2.75) is 50.7 Å². The van der Waals surface area contributed by atoms with Crippen molar-refractivity contribution < 1.29 is 14.7 Å². The van der Waals surface area contributed by atoms with Crippen LogP contribution in [0.2, 0.25) is 0 Å². The second-order valence-electron chi connectivity index (χ2n) is 7.29. The van der Waals surface area contributed by atoms with Gasteiger partial charge in [0.1, 0.15) is 22.4 Å². The predicted octanol–water partition coefficient (Wildman–Crippen LogP) is 1.95. The van der Waals surface area contributed by atoms with Gasteiger partial charge in [-0.05, 0) is 33.3 Å². The summed E-state index contributed by atoms with van der Waals surface area (Å²) in [5.74, 6) is 5.73. The Labute approximate surface area is 172 Å². The second-order valence-corrected chi connectivity index (χ2v) is 9.32. The van der Waals surface area contributed by atoms with Crippen molar-refractivity contribution in [3.8, 4) is 11.8 Å². The zero-order chi connectivity index (χ0) is 20.6. The first-order valence-corrected chi connectivity index (χ1v) is 10.6. The van der Waals surface area contributed by atoms with Gasteiger partial charge in [-0.1, -0.05) is 11.8 Å². The van der Waals surface area contributed by atoms with Crippen LogP contribution in [-0.2, 0) is 9.59 Å². The Kier molecular flexibility index (Phi) is 5.66. The van der Waals surface area contributed by atoms with E-state index in [9.17, 15) is 14.7 Å². The number of carbonyl (C=O) groups is 2. The molecule has 0 fully saturated rings. The highest BCUT2D eigenvalue weighted by atomic mass is 32.2. The molecular weight excluding hydrogens is 396 g/mol. The summed E-state index contributed by atoms with van der Waals surface area (Å²) < 4.78 is 0. The molecule has 0 saturated carbocycles. The van der Waals surface area contributed by atoms with E-state index in [0.717, 1.165) is 26.0 Å². The van der Waals surface area contributed by atoms with E-state index in [0.29, 0.717) is 17.9 Å². The maximum atomic E-state index is 12.9. The van der Waals surface area contributed by atoms with Gasteiger partial charge in [0.2, 0.25) is 0 Å².